The van der Waals surface area contributed by atoms with Gasteiger partial charge in [-0.05, 0) is 43.0 Å². The fourth-order valence-electron chi connectivity index (χ4n) is 3.49. The van der Waals surface area contributed by atoms with Crippen molar-refractivity contribution < 1.29 is 14.3 Å². The van der Waals surface area contributed by atoms with E-state index in [0.717, 1.165) is 35.3 Å². The van der Waals surface area contributed by atoms with Crippen molar-refractivity contribution >= 4 is 11.8 Å². The molecule has 30 heavy (non-hydrogen) atoms. The Hall–Kier alpha value is -2.82. The van der Waals surface area contributed by atoms with Crippen molar-refractivity contribution in [1.82, 2.24) is 10.2 Å². The van der Waals surface area contributed by atoms with Gasteiger partial charge in [0.05, 0.1) is 13.5 Å². The highest BCUT2D eigenvalue weighted by molar-refractivity contribution is 5.88. The number of unbranched alkanes of at least 4 members (excludes halogenated alkanes) is 1. The van der Waals surface area contributed by atoms with Gasteiger partial charge in [0.25, 0.3) is 0 Å². The van der Waals surface area contributed by atoms with Gasteiger partial charge >= 0.3 is 0 Å². The fourth-order valence-corrected chi connectivity index (χ4v) is 3.49. The number of nitrogens with one attached hydrogen (secondary N) is 1. The molecule has 0 fully saturated rings. The molecule has 162 valence electrons. The Morgan fingerprint density at radius 2 is 1.80 bits per heavy atom. The van der Waals surface area contributed by atoms with Gasteiger partial charge in [0, 0.05) is 13.1 Å². The SMILES string of the molecule is CCCCNC(=O)[C@@H](CC)N(Cc1cccc(OC)c1)C(=O)Cc1cccc(C)c1. The first-order valence-corrected chi connectivity index (χ1v) is 10.7. The van der Waals surface area contributed by atoms with Gasteiger partial charge in [0.2, 0.25) is 11.8 Å². The van der Waals surface area contributed by atoms with E-state index in [1.54, 1.807) is 12.0 Å². The fraction of sp³-hybridized carbons (Fsp3) is 0.440. The zero-order valence-corrected chi connectivity index (χ0v) is 18.6. The van der Waals surface area contributed by atoms with Crippen molar-refractivity contribution in [2.45, 2.75) is 59.0 Å². The lowest BCUT2D eigenvalue weighted by Crippen LogP contribution is -2.49. The Balaban J connectivity index is 2.26. The summed E-state index contributed by atoms with van der Waals surface area (Å²) in [7, 11) is 1.62. The minimum Gasteiger partial charge on any atom is -0.497 e. The van der Waals surface area contributed by atoms with E-state index in [2.05, 4.69) is 12.2 Å². The van der Waals surface area contributed by atoms with E-state index in [0.29, 0.717) is 19.5 Å². The molecule has 0 aliphatic heterocycles. The van der Waals surface area contributed by atoms with Gasteiger partial charge < -0.3 is 15.0 Å². The Kier molecular flexibility index (Phi) is 9.39. The maximum Gasteiger partial charge on any atom is 0.242 e. The summed E-state index contributed by atoms with van der Waals surface area (Å²) in [5.41, 5.74) is 3.01. The lowest BCUT2D eigenvalue weighted by Gasteiger charge is -2.31. The molecule has 0 saturated heterocycles. The maximum absolute atomic E-state index is 13.3. The third kappa shape index (κ3) is 6.90. The number of amides is 2. The van der Waals surface area contributed by atoms with E-state index < -0.39 is 6.04 Å². The van der Waals surface area contributed by atoms with Gasteiger partial charge in [-0.2, -0.15) is 0 Å². The van der Waals surface area contributed by atoms with Crippen LogP contribution in [0.4, 0.5) is 0 Å². The van der Waals surface area contributed by atoms with E-state index in [-0.39, 0.29) is 18.2 Å². The largest absolute Gasteiger partial charge is 0.497 e. The molecule has 0 radical (unpaired) electrons. The van der Waals surface area contributed by atoms with Crippen LogP contribution in [0.15, 0.2) is 48.5 Å². The van der Waals surface area contributed by atoms with Crippen molar-refractivity contribution in [3.63, 3.8) is 0 Å². The first kappa shape index (κ1) is 23.5. The Morgan fingerprint density at radius 1 is 1.07 bits per heavy atom. The summed E-state index contributed by atoms with van der Waals surface area (Å²) in [4.78, 5) is 27.9. The van der Waals surface area contributed by atoms with Gasteiger partial charge in [-0.1, -0.05) is 62.2 Å². The smallest absolute Gasteiger partial charge is 0.242 e. The zero-order valence-electron chi connectivity index (χ0n) is 18.6. The van der Waals surface area contributed by atoms with Crippen molar-refractivity contribution in [1.29, 1.82) is 0 Å². The molecule has 1 N–H and O–H groups in total. The van der Waals surface area contributed by atoms with E-state index in [9.17, 15) is 9.59 Å². The van der Waals surface area contributed by atoms with Crippen LogP contribution in [-0.2, 0) is 22.6 Å². The molecule has 5 nitrogen and oxygen atoms in total. The Labute approximate surface area is 180 Å². The second kappa shape index (κ2) is 12.0. The Morgan fingerprint density at radius 3 is 2.47 bits per heavy atom. The van der Waals surface area contributed by atoms with Crippen LogP contribution < -0.4 is 10.1 Å². The molecule has 0 unspecified atom stereocenters. The number of hydrogen-bond acceptors (Lipinski definition) is 3. The van der Waals surface area contributed by atoms with E-state index >= 15 is 0 Å². The average molecular weight is 411 g/mol. The highest BCUT2D eigenvalue weighted by Gasteiger charge is 2.28. The monoisotopic (exact) mass is 410 g/mol. The van der Waals surface area contributed by atoms with Crippen LogP contribution in [0.25, 0.3) is 0 Å². The van der Waals surface area contributed by atoms with E-state index in [1.165, 1.54) is 0 Å². The van der Waals surface area contributed by atoms with Crippen LogP contribution in [0.1, 0.15) is 49.8 Å². The molecule has 0 saturated carbocycles. The number of carbonyl (C=O) groups is 2. The molecule has 0 aliphatic rings. The molecule has 5 heteroatoms. The van der Waals surface area contributed by atoms with Gasteiger partial charge in [0.1, 0.15) is 11.8 Å². The van der Waals surface area contributed by atoms with Gasteiger partial charge in [-0.3, -0.25) is 9.59 Å². The minimum absolute atomic E-state index is 0.0547. The van der Waals surface area contributed by atoms with Crippen LogP contribution >= 0.6 is 0 Å². The van der Waals surface area contributed by atoms with Crippen LogP contribution in [0.2, 0.25) is 0 Å². The Bertz CT molecular complexity index is 835. The standard InChI is InChI=1S/C25H34N2O3/c1-5-7-14-26-25(29)23(6-2)27(18-21-12-9-13-22(16-21)30-4)24(28)17-20-11-8-10-19(3)15-20/h8-13,15-16,23H,5-7,14,17-18H2,1-4H3,(H,26,29)/t23-/m1/s1. The number of benzene rings is 2. The number of hydrogen-bond donors (Lipinski definition) is 1. The molecule has 0 heterocycles. The van der Waals surface area contributed by atoms with Crippen LogP contribution in [0.5, 0.6) is 5.75 Å². The van der Waals surface area contributed by atoms with Crippen LogP contribution in [-0.4, -0.2) is 36.4 Å². The van der Waals surface area contributed by atoms with Gasteiger partial charge in [0.15, 0.2) is 0 Å². The van der Waals surface area contributed by atoms with Crippen LogP contribution in [0.3, 0.4) is 0 Å². The molecular weight excluding hydrogens is 376 g/mol. The molecule has 0 spiro atoms. The molecule has 0 aliphatic carbocycles. The molecular formula is C25H34N2O3. The maximum atomic E-state index is 13.3. The third-order valence-electron chi connectivity index (χ3n) is 5.14. The lowest BCUT2D eigenvalue weighted by molar-refractivity contribution is -0.140. The summed E-state index contributed by atoms with van der Waals surface area (Å²) in [5.74, 6) is 0.589. The lowest BCUT2D eigenvalue weighted by atomic mass is 10.0. The predicted molar refractivity (Wildman–Crippen MR) is 120 cm³/mol. The summed E-state index contributed by atoms with van der Waals surface area (Å²) in [5, 5.41) is 2.99. The molecule has 0 bridgehead atoms. The number of ether oxygens (including phenoxy) is 1. The molecule has 0 aromatic heterocycles. The van der Waals surface area contributed by atoms with Gasteiger partial charge in [-0.25, -0.2) is 0 Å². The summed E-state index contributed by atoms with van der Waals surface area (Å²) in [6, 6.07) is 15.1. The summed E-state index contributed by atoms with van der Waals surface area (Å²) >= 11 is 0. The highest BCUT2D eigenvalue weighted by atomic mass is 16.5. The van der Waals surface area contributed by atoms with Crippen molar-refractivity contribution in [3.05, 3.63) is 65.2 Å². The normalized spacial score (nSPS) is 11.6. The second-order valence-corrected chi connectivity index (χ2v) is 7.61. The molecule has 1 atom stereocenters. The summed E-state index contributed by atoms with van der Waals surface area (Å²) < 4.78 is 5.32. The third-order valence-corrected chi connectivity index (χ3v) is 5.14. The highest BCUT2D eigenvalue weighted by Crippen LogP contribution is 2.18. The van der Waals surface area contributed by atoms with Crippen molar-refractivity contribution in [2.75, 3.05) is 13.7 Å². The quantitative estimate of drug-likeness (QED) is 0.563. The van der Waals surface area contributed by atoms with Gasteiger partial charge in [-0.15, -0.1) is 0 Å². The predicted octanol–water partition coefficient (Wildman–Crippen LogP) is 4.27. The minimum atomic E-state index is -0.509. The topological polar surface area (TPSA) is 58.6 Å². The number of nitrogens with zero attached hydrogens (tertiary/aromatic N) is 1. The molecule has 2 amide bonds. The first-order valence-electron chi connectivity index (χ1n) is 10.7. The van der Waals surface area contributed by atoms with E-state index in [1.807, 2.05) is 62.4 Å². The second-order valence-electron chi connectivity index (χ2n) is 7.61. The number of methoxy groups -OCH3 is 1. The number of rotatable bonds is 11. The zero-order chi connectivity index (χ0) is 21.9. The van der Waals surface area contributed by atoms with Crippen LogP contribution in [0, 0.1) is 6.92 Å². The van der Waals surface area contributed by atoms with Crippen molar-refractivity contribution in [2.24, 2.45) is 0 Å². The average Bonchev–Trinajstić information content (AvgIpc) is 2.74. The van der Waals surface area contributed by atoms with Crippen molar-refractivity contribution in [3.8, 4) is 5.75 Å². The molecule has 2 rings (SSSR count). The number of carbonyl (C=O) groups excluding carboxylic acids is 2. The summed E-state index contributed by atoms with van der Waals surface area (Å²) in [6.07, 6.45) is 2.76. The first-order chi connectivity index (χ1) is 14.5. The number of aryl methyl sites for hydroxylation is 1. The summed E-state index contributed by atoms with van der Waals surface area (Å²) in [6.45, 7) is 7.04. The molecule has 2 aromatic rings. The van der Waals surface area contributed by atoms with E-state index in [4.69, 9.17) is 4.74 Å². The molecule has 2 aromatic carbocycles.